The Balaban J connectivity index is 1.60. The Morgan fingerprint density at radius 1 is 0.757 bits per heavy atom. The predicted octanol–water partition coefficient (Wildman–Crippen LogP) is 5.38. The van der Waals surface area contributed by atoms with E-state index in [2.05, 4.69) is 0 Å². The molecule has 0 bridgehead atoms. The van der Waals surface area contributed by atoms with Gasteiger partial charge in [0.15, 0.2) is 6.10 Å². The number of amides is 2. The fourth-order valence-corrected chi connectivity index (χ4v) is 5.51. The number of carbonyl (C=O) groups excluding carboxylic acids is 2. The molecule has 2 aliphatic rings. The third kappa shape index (κ3) is 3.44. The number of benzene rings is 4. The molecular weight excluding hydrogens is 464 g/mol. The van der Waals surface area contributed by atoms with E-state index in [0.29, 0.717) is 11.4 Å². The zero-order valence-electron chi connectivity index (χ0n) is 20.6. The minimum absolute atomic E-state index is 0.309. The topological polar surface area (TPSA) is 59.1 Å². The van der Waals surface area contributed by atoms with Crippen LogP contribution in [0.25, 0.3) is 0 Å². The lowest BCUT2D eigenvalue weighted by molar-refractivity contribution is -0.126. The van der Waals surface area contributed by atoms with Crippen LogP contribution in [0, 0.1) is 6.92 Å². The predicted molar refractivity (Wildman–Crippen MR) is 141 cm³/mol. The number of rotatable bonds is 5. The van der Waals surface area contributed by atoms with Gasteiger partial charge in [-0.15, -0.1) is 0 Å². The van der Waals surface area contributed by atoms with Gasteiger partial charge in [0, 0.05) is 0 Å². The maximum absolute atomic E-state index is 14.7. The summed E-state index contributed by atoms with van der Waals surface area (Å²) in [5, 5.41) is 1.72. The zero-order chi connectivity index (χ0) is 25.6. The van der Waals surface area contributed by atoms with Crippen LogP contribution in [-0.2, 0) is 19.8 Å². The maximum Gasteiger partial charge on any atom is 0.267 e. The quantitative estimate of drug-likeness (QED) is 0.352. The average molecular weight is 491 g/mol. The summed E-state index contributed by atoms with van der Waals surface area (Å²) in [5.41, 5.74) is 2.59. The van der Waals surface area contributed by atoms with Crippen molar-refractivity contribution >= 4 is 23.2 Å². The van der Waals surface area contributed by atoms with E-state index in [1.807, 2.05) is 116 Å². The van der Waals surface area contributed by atoms with Gasteiger partial charge >= 0.3 is 0 Å². The van der Waals surface area contributed by atoms with E-state index in [-0.39, 0.29) is 11.8 Å². The fourth-order valence-electron chi connectivity index (χ4n) is 5.51. The molecule has 4 aromatic rings. The first-order valence-corrected chi connectivity index (χ1v) is 12.2. The van der Waals surface area contributed by atoms with Crippen LogP contribution in [0.1, 0.15) is 22.7 Å². The summed E-state index contributed by atoms with van der Waals surface area (Å²) in [6, 6.07) is 33.5. The van der Waals surface area contributed by atoms with Gasteiger partial charge in [-0.1, -0.05) is 78.4 Å². The van der Waals surface area contributed by atoms with Crippen LogP contribution in [0.4, 0.5) is 11.4 Å². The van der Waals surface area contributed by atoms with Gasteiger partial charge in [-0.3, -0.25) is 14.4 Å². The Morgan fingerprint density at radius 2 is 1.38 bits per heavy atom. The van der Waals surface area contributed by atoms with Crippen LogP contribution in [0.2, 0.25) is 0 Å². The molecule has 0 saturated carbocycles. The number of hydrogen-bond acceptors (Lipinski definition) is 5. The number of methoxy groups -OCH3 is 1. The van der Waals surface area contributed by atoms with Crippen molar-refractivity contribution in [2.75, 3.05) is 17.1 Å². The Morgan fingerprint density at radius 3 is 2.00 bits per heavy atom. The van der Waals surface area contributed by atoms with E-state index < -0.39 is 17.6 Å². The third-order valence-corrected chi connectivity index (χ3v) is 7.29. The molecule has 3 atom stereocenters. The van der Waals surface area contributed by atoms with E-state index in [9.17, 15) is 9.59 Å². The van der Waals surface area contributed by atoms with Crippen molar-refractivity contribution in [2.45, 2.75) is 24.5 Å². The number of carbonyl (C=O) groups is 2. The number of para-hydroxylation sites is 1. The highest BCUT2D eigenvalue weighted by Crippen LogP contribution is 2.57. The lowest BCUT2D eigenvalue weighted by Crippen LogP contribution is -2.46. The molecule has 0 radical (unpaired) electrons. The number of imide groups is 1. The summed E-state index contributed by atoms with van der Waals surface area (Å²) in [6.07, 6.45) is -1.05. The molecule has 0 unspecified atom stereocenters. The number of anilines is 2. The van der Waals surface area contributed by atoms with Crippen LogP contribution in [-0.4, -0.2) is 25.0 Å². The molecule has 0 N–H and O–H groups in total. The van der Waals surface area contributed by atoms with Crippen molar-refractivity contribution in [3.05, 3.63) is 126 Å². The summed E-state index contributed by atoms with van der Waals surface area (Å²) >= 11 is 0. The monoisotopic (exact) mass is 490 g/mol. The maximum atomic E-state index is 14.7. The highest BCUT2D eigenvalue weighted by molar-refractivity contribution is 6.28. The molecule has 6 nitrogen and oxygen atoms in total. The van der Waals surface area contributed by atoms with Gasteiger partial charge in [0.25, 0.3) is 5.91 Å². The van der Waals surface area contributed by atoms with Gasteiger partial charge in [0.05, 0.1) is 18.5 Å². The normalized spacial score (nSPS) is 22.9. The second-order valence-electron chi connectivity index (χ2n) is 9.37. The van der Waals surface area contributed by atoms with Gasteiger partial charge in [-0.25, -0.2) is 9.96 Å². The van der Waals surface area contributed by atoms with E-state index in [1.165, 1.54) is 4.90 Å². The molecule has 6 rings (SSSR count). The van der Waals surface area contributed by atoms with Gasteiger partial charge in [0.2, 0.25) is 5.91 Å². The Kier molecular flexibility index (Phi) is 5.54. The Bertz CT molecular complexity index is 1440. The number of aryl methyl sites for hydroxylation is 1. The first kappa shape index (κ1) is 23.0. The molecule has 0 spiro atoms. The minimum Gasteiger partial charge on any atom is -0.497 e. The fraction of sp³-hybridized carbons (Fsp3) is 0.161. The molecule has 2 aliphatic heterocycles. The molecule has 6 heteroatoms. The Labute approximate surface area is 215 Å². The highest BCUT2D eigenvalue weighted by Gasteiger charge is 2.72. The summed E-state index contributed by atoms with van der Waals surface area (Å²) in [6.45, 7) is 1.97. The summed E-state index contributed by atoms with van der Waals surface area (Å²) in [4.78, 5) is 36.5. The molecular formula is C31H26N2O4. The molecule has 0 aromatic heterocycles. The molecule has 2 heterocycles. The molecule has 2 saturated heterocycles. The van der Waals surface area contributed by atoms with Crippen molar-refractivity contribution in [1.82, 2.24) is 0 Å². The van der Waals surface area contributed by atoms with E-state index in [4.69, 9.17) is 9.57 Å². The van der Waals surface area contributed by atoms with E-state index >= 15 is 0 Å². The highest BCUT2D eigenvalue weighted by atomic mass is 16.7. The summed E-state index contributed by atoms with van der Waals surface area (Å²) in [5.74, 6) is 0.0146. The minimum atomic E-state index is -1.31. The third-order valence-electron chi connectivity index (χ3n) is 7.29. The van der Waals surface area contributed by atoms with Crippen molar-refractivity contribution in [3.8, 4) is 5.75 Å². The number of hydrogen-bond donors (Lipinski definition) is 0. The standard InChI is InChI=1S/C31H26N2O4/c1-21-13-17-24(18-14-21)32-29(34)28-31(30(32)35,23-9-5-3-6-10-23)27(22-15-19-26(36-2)20-16-22)33(37-28)25-11-7-4-8-12-25/h3-20,27-28H,1-2H3/t27-,28-,31+/m0/s1. The second kappa shape index (κ2) is 8.91. The number of hydroxylamine groups is 1. The molecule has 184 valence electrons. The van der Waals surface area contributed by atoms with Gasteiger partial charge < -0.3 is 4.74 Å². The first-order valence-electron chi connectivity index (χ1n) is 12.2. The van der Waals surface area contributed by atoms with Gasteiger partial charge in [-0.05, 0) is 54.4 Å². The van der Waals surface area contributed by atoms with Crippen LogP contribution in [0.3, 0.4) is 0 Å². The first-order chi connectivity index (χ1) is 18.1. The largest absolute Gasteiger partial charge is 0.497 e. The zero-order valence-corrected chi connectivity index (χ0v) is 20.6. The van der Waals surface area contributed by atoms with Crippen LogP contribution in [0.15, 0.2) is 109 Å². The van der Waals surface area contributed by atoms with Crippen molar-refractivity contribution in [1.29, 1.82) is 0 Å². The summed E-state index contributed by atoms with van der Waals surface area (Å²) in [7, 11) is 1.62. The average Bonchev–Trinajstić information content (AvgIpc) is 3.41. The van der Waals surface area contributed by atoms with Crippen LogP contribution in [0.5, 0.6) is 5.75 Å². The number of nitrogens with zero attached hydrogens (tertiary/aromatic N) is 2. The SMILES string of the molecule is COc1ccc([C@@H]2N(c3ccccc3)O[C@H]3C(=O)N(c4ccc(C)cc4)C(=O)[C@]23c2ccccc2)cc1. The van der Waals surface area contributed by atoms with Crippen LogP contribution < -0.4 is 14.7 Å². The molecule has 37 heavy (non-hydrogen) atoms. The molecule has 4 aromatic carbocycles. The van der Waals surface area contributed by atoms with Gasteiger partial charge in [-0.2, -0.15) is 0 Å². The van der Waals surface area contributed by atoms with Crippen molar-refractivity contribution in [2.24, 2.45) is 0 Å². The van der Waals surface area contributed by atoms with Crippen molar-refractivity contribution in [3.63, 3.8) is 0 Å². The van der Waals surface area contributed by atoms with Gasteiger partial charge in [0.1, 0.15) is 17.2 Å². The summed E-state index contributed by atoms with van der Waals surface area (Å²) < 4.78 is 5.39. The van der Waals surface area contributed by atoms with E-state index in [0.717, 1.165) is 22.4 Å². The number of fused-ring (bicyclic) bond motifs is 1. The number of ether oxygens (including phenoxy) is 1. The molecule has 2 fully saturated rings. The van der Waals surface area contributed by atoms with Crippen molar-refractivity contribution < 1.29 is 19.2 Å². The van der Waals surface area contributed by atoms with E-state index in [1.54, 1.807) is 12.2 Å². The molecule has 2 amide bonds. The lowest BCUT2D eigenvalue weighted by Gasteiger charge is -2.35. The lowest BCUT2D eigenvalue weighted by atomic mass is 9.69. The van der Waals surface area contributed by atoms with Crippen LogP contribution >= 0.6 is 0 Å². The Hall–Kier alpha value is -4.42. The smallest absolute Gasteiger partial charge is 0.267 e. The second-order valence-corrected chi connectivity index (χ2v) is 9.37. The molecule has 0 aliphatic carbocycles.